The van der Waals surface area contributed by atoms with Gasteiger partial charge in [0.25, 0.3) is 0 Å². The fraction of sp³-hybridized carbons (Fsp3) is 0.364. The summed E-state index contributed by atoms with van der Waals surface area (Å²) in [5.74, 6) is 0.0401. The first-order valence-corrected chi connectivity index (χ1v) is 5.78. The fourth-order valence-corrected chi connectivity index (χ4v) is 1.40. The number of carbonyl (C=O) groups excluding carboxylic acids is 1. The third kappa shape index (κ3) is 4.95. The van der Waals surface area contributed by atoms with Crippen molar-refractivity contribution in [2.45, 2.75) is 13.3 Å². The van der Waals surface area contributed by atoms with Gasteiger partial charge in [0.15, 0.2) is 0 Å². The number of carbonyl (C=O) groups is 1. The summed E-state index contributed by atoms with van der Waals surface area (Å²) in [6.07, 6.45) is 0.504. The molecule has 1 amide bonds. The van der Waals surface area contributed by atoms with Gasteiger partial charge in [-0.25, -0.2) is 0 Å². The molecule has 0 aliphatic rings. The maximum absolute atomic E-state index is 11.4. The Hall–Kier alpha value is -0.870. The molecule has 1 aromatic rings. The molecular formula is C11H15BrN2O. The van der Waals surface area contributed by atoms with Crippen LogP contribution in [-0.4, -0.2) is 19.0 Å². The van der Waals surface area contributed by atoms with E-state index in [4.69, 9.17) is 0 Å². The molecule has 0 saturated carbocycles. The van der Waals surface area contributed by atoms with E-state index in [1.165, 1.54) is 0 Å². The van der Waals surface area contributed by atoms with Crippen molar-refractivity contribution in [3.05, 3.63) is 28.7 Å². The van der Waals surface area contributed by atoms with Crippen molar-refractivity contribution in [3.63, 3.8) is 0 Å². The zero-order valence-corrected chi connectivity index (χ0v) is 10.3. The summed E-state index contributed by atoms with van der Waals surface area (Å²) < 4.78 is 1.01. The lowest BCUT2D eigenvalue weighted by Crippen LogP contribution is -2.21. The van der Waals surface area contributed by atoms with E-state index in [1.807, 2.05) is 31.2 Å². The lowest BCUT2D eigenvalue weighted by Gasteiger charge is -2.05. The third-order valence-corrected chi connectivity index (χ3v) is 2.44. The SMILES string of the molecule is CCNCCC(=O)Nc1ccc(Br)cc1. The molecule has 3 nitrogen and oxygen atoms in total. The molecule has 4 heteroatoms. The van der Waals surface area contributed by atoms with E-state index in [0.29, 0.717) is 6.42 Å². The molecule has 0 aliphatic carbocycles. The molecule has 0 spiro atoms. The monoisotopic (exact) mass is 270 g/mol. The number of amides is 1. The number of halogens is 1. The first-order chi connectivity index (χ1) is 7.22. The van der Waals surface area contributed by atoms with E-state index in [0.717, 1.165) is 23.2 Å². The van der Waals surface area contributed by atoms with Crippen molar-refractivity contribution in [1.82, 2.24) is 5.32 Å². The normalized spacial score (nSPS) is 10.0. The van der Waals surface area contributed by atoms with Crippen molar-refractivity contribution in [2.75, 3.05) is 18.4 Å². The summed E-state index contributed by atoms with van der Waals surface area (Å²) in [5.41, 5.74) is 0.833. The number of anilines is 1. The number of nitrogens with one attached hydrogen (secondary N) is 2. The molecule has 0 heterocycles. The van der Waals surface area contributed by atoms with Crippen molar-refractivity contribution in [1.29, 1.82) is 0 Å². The molecule has 0 fully saturated rings. The maximum atomic E-state index is 11.4. The average molecular weight is 271 g/mol. The average Bonchev–Trinajstić information content (AvgIpc) is 2.22. The van der Waals surface area contributed by atoms with Crippen molar-refractivity contribution in [3.8, 4) is 0 Å². The van der Waals surface area contributed by atoms with Crippen molar-refractivity contribution >= 4 is 27.5 Å². The standard InChI is InChI=1S/C11H15BrN2O/c1-2-13-8-7-11(15)14-10-5-3-9(12)4-6-10/h3-6,13H,2,7-8H2,1H3,(H,14,15). The van der Waals surface area contributed by atoms with Gasteiger partial charge in [0, 0.05) is 23.1 Å². The van der Waals surface area contributed by atoms with E-state index in [-0.39, 0.29) is 5.91 Å². The summed E-state index contributed by atoms with van der Waals surface area (Å²) in [7, 11) is 0. The molecule has 2 N–H and O–H groups in total. The Morgan fingerprint density at radius 2 is 2.00 bits per heavy atom. The zero-order valence-electron chi connectivity index (χ0n) is 8.72. The lowest BCUT2D eigenvalue weighted by atomic mass is 10.3. The van der Waals surface area contributed by atoms with Gasteiger partial charge in [0.1, 0.15) is 0 Å². The van der Waals surface area contributed by atoms with Crippen LogP contribution in [0.4, 0.5) is 5.69 Å². The summed E-state index contributed by atoms with van der Waals surface area (Å²) in [4.78, 5) is 11.4. The van der Waals surface area contributed by atoms with Crippen LogP contribution in [0.3, 0.4) is 0 Å². The molecule has 1 aromatic carbocycles. The van der Waals surface area contributed by atoms with Gasteiger partial charge in [-0.2, -0.15) is 0 Å². The molecule has 0 bridgehead atoms. The fourth-order valence-electron chi connectivity index (χ4n) is 1.14. The number of rotatable bonds is 5. The highest BCUT2D eigenvalue weighted by Gasteiger charge is 2.00. The predicted molar refractivity (Wildman–Crippen MR) is 65.9 cm³/mol. The molecule has 1 rings (SSSR count). The second-order valence-electron chi connectivity index (χ2n) is 3.16. The van der Waals surface area contributed by atoms with E-state index in [2.05, 4.69) is 26.6 Å². The van der Waals surface area contributed by atoms with Gasteiger partial charge in [-0.05, 0) is 30.8 Å². The van der Waals surface area contributed by atoms with Gasteiger partial charge in [0.05, 0.1) is 0 Å². The topological polar surface area (TPSA) is 41.1 Å². The molecule has 0 aliphatic heterocycles. The molecular weight excluding hydrogens is 256 g/mol. The largest absolute Gasteiger partial charge is 0.326 e. The Bertz CT molecular complexity index is 311. The van der Waals surface area contributed by atoms with Gasteiger partial charge in [-0.3, -0.25) is 4.79 Å². The molecule has 15 heavy (non-hydrogen) atoms. The number of hydrogen-bond acceptors (Lipinski definition) is 2. The highest BCUT2D eigenvalue weighted by molar-refractivity contribution is 9.10. The molecule has 0 aromatic heterocycles. The highest BCUT2D eigenvalue weighted by atomic mass is 79.9. The first kappa shape index (κ1) is 12.2. The Morgan fingerprint density at radius 1 is 1.33 bits per heavy atom. The maximum Gasteiger partial charge on any atom is 0.225 e. The minimum atomic E-state index is 0.0401. The van der Waals surface area contributed by atoms with Crippen LogP contribution in [0.25, 0.3) is 0 Å². The smallest absolute Gasteiger partial charge is 0.225 e. The van der Waals surface area contributed by atoms with Gasteiger partial charge in [0.2, 0.25) is 5.91 Å². The quantitative estimate of drug-likeness (QED) is 0.807. The Kier molecular flexibility index (Phi) is 5.36. The molecule has 0 unspecified atom stereocenters. The Labute approximate surface area is 98.4 Å². The van der Waals surface area contributed by atoms with Crippen LogP contribution in [0, 0.1) is 0 Å². The summed E-state index contributed by atoms with van der Waals surface area (Å²) >= 11 is 3.34. The minimum Gasteiger partial charge on any atom is -0.326 e. The number of benzene rings is 1. The molecule has 0 saturated heterocycles. The van der Waals surface area contributed by atoms with Crippen molar-refractivity contribution < 1.29 is 4.79 Å². The van der Waals surface area contributed by atoms with Crippen LogP contribution in [-0.2, 0) is 4.79 Å². The second-order valence-corrected chi connectivity index (χ2v) is 4.07. The summed E-state index contributed by atoms with van der Waals surface area (Å²) in [5, 5.41) is 5.93. The van der Waals surface area contributed by atoms with E-state index >= 15 is 0 Å². The Balaban J connectivity index is 2.34. The van der Waals surface area contributed by atoms with E-state index in [1.54, 1.807) is 0 Å². The first-order valence-electron chi connectivity index (χ1n) is 4.98. The summed E-state index contributed by atoms with van der Waals surface area (Å²) in [6, 6.07) is 7.55. The zero-order chi connectivity index (χ0) is 11.1. The highest BCUT2D eigenvalue weighted by Crippen LogP contribution is 2.13. The lowest BCUT2D eigenvalue weighted by molar-refractivity contribution is -0.116. The van der Waals surface area contributed by atoms with E-state index < -0.39 is 0 Å². The minimum absolute atomic E-state index is 0.0401. The van der Waals surface area contributed by atoms with Crippen LogP contribution in [0.2, 0.25) is 0 Å². The van der Waals surface area contributed by atoms with Crippen LogP contribution < -0.4 is 10.6 Å². The van der Waals surface area contributed by atoms with Gasteiger partial charge < -0.3 is 10.6 Å². The number of hydrogen-bond donors (Lipinski definition) is 2. The van der Waals surface area contributed by atoms with Crippen LogP contribution in [0.15, 0.2) is 28.7 Å². The molecule has 0 radical (unpaired) electrons. The summed E-state index contributed by atoms with van der Waals surface area (Å²) in [6.45, 7) is 3.64. The van der Waals surface area contributed by atoms with Crippen LogP contribution >= 0.6 is 15.9 Å². The van der Waals surface area contributed by atoms with Gasteiger partial charge in [-0.15, -0.1) is 0 Å². The van der Waals surface area contributed by atoms with Crippen LogP contribution in [0.5, 0.6) is 0 Å². The molecule has 82 valence electrons. The van der Waals surface area contributed by atoms with Gasteiger partial charge >= 0.3 is 0 Å². The van der Waals surface area contributed by atoms with E-state index in [9.17, 15) is 4.79 Å². The third-order valence-electron chi connectivity index (χ3n) is 1.91. The second kappa shape index (κ2) is 6.58. The van der Waals surface area contributed by atoms with Gasteiger partial charge in [-0.1, -0.05) is 22.9 Å². The predicted octanol–water partition coefficient (Wildman–Crippen LogP) is 2.39. The van der Waals surface area contributed by atoms with Crippen LogP contribution in [0.1, 0.15) is 13.3 Å². The molecule has 0 atom stereocenters. The Morgan fingerprint density at radius 3 is 2.60 bits per heavy atom. The van der Waals surface area contributed by atoms with Crippen molar-refractivity contribution in [2.24, 2.45) is 0 Å².